The van der Waals surface area contributed by atoms with E-state index in [2.05, 4.69) is 0 Å². The van der Waals surface area contributed by atoms with Gasteiger partial charge in [-0.1, -0.05) is 18.2 Å². The summed E-state index contributed by atoms with van der Waals surface area (Å²) in [6, 6.07) is 12.0. The van der Waals surface area contributed by atoms with Crippen LogP contribution in [-0.2, 0) is 13.6 Å². The van der Waals surface area contributed by atoms with Gasteiger partial charge in [-0.25, -0.2) is 5.06 Å². The molecular formula is C15H20NO5P. The second-order valence-electron chi connectivity index (χ2n) is 4.44. The van der Waals surface area contributed by atoms with Crippen LogP contribution in [0.25, 0.3) is 0 Å². The Morgan fingerprint density at radius 3 is 2.27 bits per heavy atom. The number of hydrogen-bond donors (Lipinski definition) is 1. The van der Waals surface area contributed by atoms with Gasteiger partial charge in [-0.2, -0.15) is 0 Å². The van der Waals surface area contributed by atoms with Crippen LogP contribution in [0.2, 0.25) is 0 Å². The minimum atomic E-state index is -3.66. The smallest absolute Gasteiger partial charge is 0.363 e. The summed E-state index contributed by atoms with van der Waals surface area (Å²) in [6.45, 7) is 3.82. The van der Waals surface area contributed by atoms with Gasteiger partial charge >= 0.3 is 7.60 Å². The lowest BCUT2D eigenvalue weighted by Gasteiger charge is -2.31. The second-order valence-corrected chi connectivity index (χ2v) is 6.53. The third-order valence-corrected chi connectivity index (χ3v) is 5.28. The van der Waals surface area contributed by atoms with Gasteiger partial charge in [0.15, 0.2) is 0 Å². The molecule has 1 heterocycles. The molecule has 0 aliphatic heterocycles. The van der Waals surface area contributed by atoms with Gasteiger partial charge in [0, 0.05) is 0 Å². The highest BCUT2D eigenvalue weighted by atomic mass is 31.2. The molecule has 0 saturated carbocycles. The van der Waals surface area contributed by atoms with Crippen molar-refractivity contribution in [2.24, 2.45) is 0 Å². The lowest BCUT2D eigenvalue weighted by molar-refractivity contribution is 0.172. The molecule has 0 radical (unpaired) electrons. The minimum Gasteiger partial charge on any atom is -0.466 e. The molecule has 0 spiro atoms. The van der Waals surface area contributed by atoms with Crippen molar-refractivity contribution in [2.75, 3.05) is 18.3 Å². The van der Waals surface area contributed by atoms with Gasteiger partial charge in [0.1, 0.15) is 5.76 Å². The predicted octanol–water partition coefficient (Wildman–Crippen LogP) is 4.44. The SMILES string of the molecule is CCOP(=O)(OCC)C(c1ccco1)N(O)c1ccccc1. The molecule has 7 heteroatoms. The second kappa shape index (κ2) is 7.61. The quantitative estimate of drug-likeness (QED) is 0.571. The topological polar surface area (TPSA) is 72.1 Å². The molecule has 0 aliphatic carbocycles. The molecule has 0 saturated heterocycles. The average Bonchev–Trinajstić information content (AvgIpc) is 3.02. The highest BCUT2D eigenvalue weighted by Crippen LogP contribution is 2.62. The van der Waals surface area contributed by atoms with Crippen LogP contribution in [-0.4, -0.2) is 18.4 Å². The third kappa shape index (κ3) is 3.59. The highest BCUT2D eigenvalue weighted by molar-refractivity contribution is 7.54. The van der Waals surface area contributed by atoms with Crippen LogP contribution in [0.15, 0.2) is 53.1 Å². The monoisotopic (exact) mass is 325 g/mol. The Hall–Kier alpha value is -1.59. The summed E-state index contributed by atoms with van der Waals surface area (Å²) < 4.78 is 29.2. The Morgan fingerprint density at radius 2 is 1.77 bits per heavy atom. The number of hydrogen-bond acceptors (Lipinski definition) is 6. The van der Waals surface area contributed by atoms with Crippen LogP contribution in [0.5, 0.6) is 0 Å². The van der Waals surface area contributed by atoms with Crippen LogP contribution in [0.4, 0.5) is 5.69 Å². The van der Waals surface area contributed by atoms with Crippen molar-refractivity contribution in [3.8, 4) is 0 Å². The Morgan fingerprint density at radius 1 is 1.14 bits per heavy atom. The molecule has 120 valence electrons. The Labute approximate surface area is 129 Å². The van der Waals surface area contributed by atoms with Crippen LogP contribution < -0.4 is 5.06 Å². The van der Waals surface area contributed by atoms with Crippen molar-refractivity contribution >= 4 is 13.3 Å². The fourth-order valence-corrected chi connectivity index (χ4v) is 4.05. The summed E-state index contributed by atoms with van der Waals surface area (Å²) in [4.78, 5) is 0. The predicted molar refractivity (Wildman–Crippen MR) is 83.0 cm³/mol. The molecule has 6 nitrogen and oxygen atoms in total. The van der Waals surface area contributed by atoms with E-state index in [0.29, 0.717) is 11.4 Å². The molecular weight excluding hydrogens is 305 g/mol. The number of anilines is 1. The number of rotatable bonds is 8. The van der Waals surface area contributed by atoms with Gasteiger partial charge < -0.3 is 13.5 Å². The van der Waals surface area contributed by atoms with E-state index < -0.39 is 13.4 Å². The molecule has 1 N–H and O–H groups in total. The minimum absolute atomic E-state index is 0.192. The summed E-state index contributed by atoms with van der Waals surface area (Å²) in [6.07, 6.45) is 1.45. The summed E-state index contributed by atoms with van der Waals surface area (Å²) >= 11 is 0. The van der Waals surface area contributed by atoms with Gasteiger partial charge in [-0.3, -0.25) is 9.77 Å². The van der Waals surface area contributed by atoms with Crippen molar-refractivity contribution in [3.05, 3.63) is 54.5 Å². The van der Waals surface area contributed by atoms with Crippen LogP contribution in [0.3, 0.4) is 0 Å². The van der Waals surface area contributed by atoms with Crippen molar-refractivity contribution in [2.45, 2.75) is 19.6 Å². The standard InChI is InChI=1S/C15H20NO5P/c1-3-20-22(18,21-4-2)15(14-11-8-12-19-14)16(17)13-9-6-5-7-10-13/h5-12,15,17H,3-4H2,1-2H3. The van der Waals surface area contributed by atoms with E-state index >= 15 is 0 Å². The van der Waals surface area contributed by atoms with Crippen LogP contribution in [0, 0.1) is 0 Å². The van der Waals surface area contributed by atoms with Gasteiger partial charge in [-0.15, -0.1) is 0 Å². The Kier molecular flexibility index (Phi) is 5.80. The maximum absolute atomic E-state index is 13.1. The number of hydroxylamine groups is 1. The summed E-state index contributed by atoms with van der Waals surface area (Å²) in [5.74, 6) is -0.776. The van der Waals surface area contributed by atoms with E-state index in [1.165, 1.54) is 6.26 Å². The molecule has 1 aromatic carbocycles. The molecule has 2 aromatic rings. The first-order valence-corrected chi connectivity index (χ1v) is 8.69. The maximum atomic E-state index is 13.1. The summed E-state index contributed by atoms with van der Waals surface area (Å²) in [5, 5.41) is 11.4. The normalized spacial score (nSPS) is 13.0. The van der Waals surface area contributed by atoms with Gasteiger partial charge in [0.25, 0.3) is 0 Å². The number of furan rings is 1. The molecule has 1 aromatic heterocycles. The summed E-state index contributed by atoms with van der Waals surface area (Å²) in [7, 11) is -3.66. The molecule has 1 unspecified atom stereocenters. The Bertz CT molecular complexity index is 592. The lowest BCUT2D eigenvalue weighted by Crippen LogP contribution is -2.26. The number of nitrogens with zero attached hydrogens (tertiary/aromatic N) is 1. The van der Waals surface area contributed by atoms with Crippen molar-refractivity contribution < 1.29 is 23.2 Å². The van der Waals surface area contributed by atoms with Crippen molar-refractivity contribution in [3.63, 3.8) is 0 Å². The molecule has 0 bridgehead atoms. The zero-order valence-corrected chi connectivity index (χ0v) is 13.5. The number of para-hydroxylation sites is 1. The zero-order chi connectivity index (χ0) is 16.0. The Balaban J connectivity index is 2.45. The molecule has 0 aliphatic rings. The van der Waals surface area contributed by atoms with E-state index in [-0.39, 0.29) is 13.2 Å². The molecule has 1 atom stereocenters. The molecule has 0 amide bonds. The molecule has 2 rings (SSSR count). The fourth-order valence-electron chi connectivity index (χ4n) is 2.11. The fraction of sp³-hybridized carbons (Fsp3) is 0.333. The van der Waals surface area contributed by atoms with Crippen LogP contribution in [0.1, 0.15) is 25.4 Å². The van der Waals surface area contributed by atoms with E-state index in [9.17, 15) is 9.77 Å². The van der Waals surface area contributed by atoms with Crippen molar-refractivity contribution in [1.29, 1.82) is 0 Å². The first-order valence-electron chi connectivity index (χ1n) is 7.07. The van der Waals surface area contributed by atoms with Crippen LogP contribution >= 0.6 is 7.60 Å². The van der Waals surface area contributed by atoms with E-state index in [4.69, 9.17) is 13.5 Å². The van der Waals surface area contributed by atoms with Gasteiger partial charge in [0.05, 0.1) is 25.2 Å². The highest BCUT2D eigenvalue weighted by Gasteiger charge is 2.43. The zero-order valence-electron chi connectivity index (χ0n) is 12.6. The molecule has 22 heavy (non-hydrogen) atoms. The first kappa shape index (κ1) is 16.8. The van der Waals surface area contributed by atoms with Gasteiger partial charge in [-0.05, 0) is 38.1 Å². The van der Waals surface area contributed by atoms with Gasteiger partial charge in [0.2, 0.25) is 5.78 Å². The summed E-state index contributed by atoms with van der Waals surface area (Å²) in [5.41, 5.74) is 0.462. The maximum Gasteiger partial charge on any atom is 0.363 e. The van der Waals surface area contributed by atoms with E-state index in [1.807, 2.05) is 6.07 Å². The third-order valence-electron chi connectivity index (χ3n) is 2.97. The average molecular weight is 325 g/mol. The lowest BCUT2D eigenvalue weighted by atomic mass is 10.3. The van der Waals surface area contributed by atoms with E-state index in [1.54, 1.807) is 50.2 Å². The first-order chi connectivity index (χ1) is 10.6. The largest absolute Gasteiger partial charge is 0.466 e. The molecule has 0 fully saturated rings. The number of benzene rings is 1. The van der Waals surface area contributed by atoms with E-state index in [0.717, 1.165) is 5.06 Å². The van der Waals surface area contributed by atoms with Crippen molar-refractivity contribution in [1.82, 2.24) is 0 Å².